The van der Waals surface area contributed by atoms with Gasteiger partial charge in [0.1, 0.15) is 17.4 Å². The number of aryl methyl sites for hydroxylation is 2. The molecule has 0 spiro atoms. The third-order valence-corrected chi connectivity index (χ3v) is 8.27. The number of hydrogen-bond acceptors (Lipinski definition) is 4. The Morgan fingerprint density at radius 3 is 2.66 bits per heavy atom. The number of carbonyl (C=O) groups excluding carboxylic acids is 1. The average Bonchev–Trinajstić information content (AvgIpc) is 2.95. The number of carbonyl (C=O) groups is 1. The Kier molecular flexibility index (Phi) is 8.95. The van der Waals surface area contributed by atoms with Crippen molar-refractivity contribution in [3.8, 4) is 5.75 Å². The van der Waals surface area contributed by atoms with Crippen LogP contribution in [-0.2, 0) is 17.8 Å². The third-order valence-electron chi connectivity index (χ3n) is 8.27. The zero-order valence-electron chi connectivity index (χ0n) is 23.2. The molecule has 2 aliphatic rings. The number of rotatable bonds is 9. The first kappa shape index (κ1) is 26.7. The van der Waals surface area contributed by atoms with E-state index in [0.717, 1.165) is 74.1 Å². The maximum Gasteiger partial charge on any atom is 0.227 e. The van der Waals surface area contributed by atoms with Crippen molar-refractivity contribution < 1.29 is 9.53 Å². The quantitative estimate of drug-likeness (QED) is 0.323. The van der Waals surface area contributed by atoms with Gasteiger partial charge in [0, 0.05) is 42.8 Å². The Morgan fingerprint density at radius 2 is 1.87 bits per heavy atom. The fourth-order valence-electron chi connectivity index (χ4n) is 6.01. The van der Waals surface area contributed by atoms with E-state index in [4.69, 9.17) is 4.74 Å². The Balaban J connectivity index is 1.21. The van der Waals surface area contributed by atoms with Crippen LogP contribution in [0.25, 0.3) is 10.9 Å². The summed E-state index contributed by atoms with van der Waals surface area (Å²) in [6.07, 6.45) is 13.1. The first-order chi connectivity index (χ1) is 18.6. The zero-order valence-corrected chi connectivity index (χ0v) is 23.2. The predicted molar refractivity (Wildman–Crippen MR) is 156 cm³/mol. The minimum absolute atomic E-state index is 0.164. The van der Waals surface area contributed by atoms with Crippen molar-refractivity contribution in [2.45, 2.75) is 90.7 Å². The number of ether oxygens (including phenoxy) is 1. The second kappa shape index (κ2) is 12.8. The number of unbranched alkanes of at least 4 members (excludes halogenated alkanes) is 1. The molecule has 2 aromatic carbocycles. The van der Waals surface area contributed by atoms with Gasteiger partial charge < -0.3 is 10.1 Å². The molecule has 1 aliphatic heterocycles. The maximum atomic E-state index is 12.9. The van der Waals surface area contributed by atoms with E-state index in [1.54, 1.807) is 0 Å². The van der Waals surface area contributed by atoms with Gasteiger partial charge in [-0.05, 0) is 80.8 Å². The molecule has 1 aliphatic carbocycles. The molecule has 5 nitrogen and oxygen atoms in total. The number of nitrogens with zero attached hydrogens (tertiary/aromatic N) is 2. The molecule has 202 valence electrons. The lowest BCUT2D eigenvalue weighted by atomic mass is 9.88. The van der Waals surface area contributed by atoms with Crippen molar-refractivity contribution in [2.75, 3.05) is 18.4 Å². The highest BCUT2D eigenvalue weighted by atomic mass is 16.5. The van der Waals surface area contributed by atoms with Gasteiger partial charge >= 0.3 is 0 Å². The van der Waals surface area contributed by atoms with Crippen molar-refractivity contribution in [1.29, 1.82) is 0 Å². The van der Waals surface area contributed by atoms with E-state index < -0.39 is 0 Å². The van der Waals surface area contributed by atoms with Gasteiger partial charge in [0.05, 0.1) is 0 Å². The predicted octanol–water partition coefficient (Wildman–Crippen LogP) is 7.45. The van der Waals surface area contributed by atoms with E-state index in [9.17, 15) is 4.79 Å². The minimum Gasteiger partial charge on any atom is -0.488 e. The molecule has 1 saturated carbocycles. The molecule has 0 radical (unpaired) electrons. The van der Waals surface area contributed by atoms with Crippen molar-refractivity contribution in [3.63, 3.8) is 0 Å². The third kappa shape index (κ3) is 6.74. The summed E-state index contributed by atoms with van der Waals surface area (Å²) in [5.41, 5.74) is 5.73. The lowest BCUT2D eigenvalue weighted by Crippen LogP contribution is -2.38. The van der Waals surface area contributed by atoms with Crippen LogP contribution < -0.4 is 10.1 Å². The molecule has 5 heteroatoms. The van der Waals surface area contributed by atoms with E-state index in [1.165, 1.54) is 48.8 Å². The Morgan fingerprint density at radius 1 is 1.05 bits per heavy atom. The summed E-state index contributed by atoms with van der Waals surface area (Å²) in [6, 6.07) is 15.0. The highest BCUT2D eigenvalue weighted by Crippen LogP contribution is 2.31. The zero-order chi connectivity index (χ0) is 26.3. The lowest BCUT2D eigenvalue weighted by Gasteiger charge is -2.33. The van der Waals surface area contributed by atoms with Crippen LogP contribution in [0.5, 0.6) is 5.75 Å². The van der Waals surface area contributed by atoms with Gasteiger partial charge in [-0.3, -0.25) is 14.7 Å². The van der Waals surface area contributed by atoms with Gasteiger partial charge in [-0.1, -0.05) is 56.4 Å². The van der Waals surface area contributed by atoms with E-state index in [-0.39, 0.29) is 17.9 Å². The first-order valence-electron chi connectivity index (χ1n) is 14.8. The highest BCUT2D eigenvalue weighted by Gasteiger charge is 2.24. The molecule has 1 amide bonds. The summed E-state index contributed by atoms with van der Waals surface area (Å²) >= 11 is 0. The number of hydrogen-bond donors (Lipinski definition) is 1. The number of amides is 1. The summed E-state index contributed by atoms with van der Waals surface area (Å²) in [4.78, 5) is 20.1. The van der Waals surface area contributed by atoms with Crippen LogP contribution in [0.4, 0.5) is 5.69 Å². The molecule has 0 bridgehead atoms. The van der Waals surface area contributed by atoms with Crippen LogP contribution in [0.3, 0.4) is 0 Å². The molecule has 5 rings (SSSR count). The maximum absolute atomic E-state index is 12.9. The molecule has 0 atom stereocenters. The van der Waals surface area contributed by atoms with Crippen LogP contribution in [0, 0.1) is 12.8 Å². The molecule has 0 unspecified atom stereocenters. The number of piperidine rings is 1. The summed E-state index contributed by atoms with van der Waals surface area (Å²) in [5, 5.41) is 4.44. The topological polar surface area (TPSA) is 54.5 Å². The molecule has 3 aromatic rings. The van der Waals surface area contributed by atoms with Crippen LogP contribution >= 0.6 is 0 Å². The Hall–Kier alpha value is -2.92. The van der Waals surface area contributed by atoms with E-state index >= 15 is 0 Å². The number of anilines is 1. The summed E-state index contributed by atoms with van der Waals surface area (Å²) in [6.45, 7) is 7.18. The number of nitrogens with one attached hydrogen (secondary N) is 1. The Bertz CT molecular complexity index is 1230. The fourth-order valence-corrected chi connectivity index (χ4v) is 6.01. The standard InChI is InChI=1S/C33H43N3O2/c1-3-4-9-25-21-27-12-8-17-34-32(27)31(22-25)38-29-15-18-36(19-16-29)23-28-20-24(2)13-14-30(28)35-33(37)26-10-6-5-7-11-26/h8,12-14,17,20-22,26,29H,3-7,9-11,15-16,18-19,23H2,1-2H3,(H,35,37). The smallest absolute Gasteiger partial charge is 0.227 e. The minimum atomic E-state index is 0.164. The van der Waals surface area contributed by atoms with Gasteiger partial charge in [-0.15, -0.1) is 0 Å². The SMILES string of the molecule is CCCCc1cc(OC2CCN(Cc3cc(C)ccc3NC(=O)C3CCCCC3)CC2)c2ncccc2c1. The first-order valence-corrected chi connectivity index (χ1v) is 14.8. The molecule has 38 heavy (non-hydrogen) atoms. The molecule has 1 saturated heterocycles. The van der Waals surface area contributed by atoms with Crippen LogP contribution in [0.15, 0.2) is 48.7 Å². The summed E-state index contributed by atoms with van der Waals surface area (Å²) < 4.78 is 6.60. The summed E-state index contributed by atoms with van der Waals surface area (Å²) in [7, 11) is 0. The average molecular weight is 514 g/mol. The van der Waals surface area contributed by atoms with Crippen LogP contribution in [-0.4, -0.2) is 35.0 Å². The van der Waals surface area contributed by atoms with E-state index in [1.807, 2.05) is 12.3 Å². The molecule has 1 N–H and O–H groups in total. The van der Waals surface area contributed by atoms with Gasteiger partial charge in [-0.25, -0.2) is 0 Å². The molecule has 2 fully saturated rings. The number of pyridine rings is 1. The summed E-state index contributed by atoms with van der Waals surface area (Å²) in [5.74, 6) is 1.29. The number of benzene rings is 2. The molecule has 2 heterocycles. The highest BCUT2D eigenvalue weighted by molar-refractivity contribution is 5.93. The fraction of sp³-hybridized carbons (Fsp3) is 0.515. The monoisotopic (exact) mass is 513 g/mol. The van der Waals surface area contributed by atoms with Gasteiger partial charge in [-0.2, -0.15) is 0 Å². The Labute approximate surface area is 228 Å². The van der Waals surface area contributed by atoms with Gasteiger partial charge in [0.2, 0.25) is 5.91 Å². The second-order valence-corrected chi connectivity index (χ2v) is 11.4. The van der Waals surface area contributed by atoms with E-state index in [0.29, 0.717) is 0 Å². The van der Waals surface area contributed by atoms with E-state index in [2.05, 4.69) is 65.4 Å². The number of fused-ring (bicyclic) bond motifs is 1. The molecule has 1 aromatic heterocycles. The molecular formula is C33H43N3O2. The van der Waals surface area contributed by atoms with Gasteiger partial charge in [0.15, 0.2) is 0 Å². The number of likely N-dealkylation sites (tertiary alicyclic amines) is 1. The second-order valence-electron chi connectivity index (χ2n) is 11.4. The van der Waals surface area contributed by atoms with Crippen molar-refractivity contribution in [1.82, 2.24) is 9.88 Å². The van der Waals surface area contributed by atoms with Gasteiger partial charge in [0.25, 0.3) is 0 Å². The normalized spacial score (nSPS) is 17.5. The number of aromatic nitrogens is 1. The van der Waals surface area contributed by atoms with Crippen LogP contribution in [0.2, 0.25) is 0 Å². The van der Waals surface area contributed by atoms with Crippen molar-refractivity contribution in [2.24, 2.45) is 5.92 Å². The van der Waals surface area contributed by atoms with Crippen molar-refractivity contribution in [3.05, 3.63) is 65.4 Å². The lowest BCUT2D eigenvalue weighted by molar-refractivity contribution is -0.120. The van der Waals surface area contributed by atoms with Crippen LogP contribution in [0.1, 0.15) is 81.4 Å². The molecular weight excluding hydrogens is 470 g/mol. The largest absolute Gasteiger partial charge is 0.488 e. The van der Waals surface area contributed by atoms with Crippen molar-refractivity contribution >= 4 is 22.5 Å².